The highest BCUT2D eigenvalue weighted by atomic mass is 32.1. The molecule has 0 spiro atoms. The highest BCUT2D eigenvalue weighted by Crippen LogP contribution is 2.34. The number of rotatable bonds is 4. The zero-order valence-electron chi connectivity index (χ0n) is 16.3. The molecule has 1 aromatic carbocycles. The number of carbonyl (C=O) groups excluding carboxylic acids is 1. The van der Waals surface area contributed by atoms with E-state index in [1.165, 1.54) is 13.1 Å². The Morgan fingerprint density at radius 2 is 2.20 bits per heavy atom. The van der Waals surface area contributed by atoms with Gasteiger partial charge in [-0.2, -0.15) is 0 Å². The van der Waals surface area contributed by atoms with E-state index in [-0.39, 0.29) is 33.4 Å². The number of fused-ring (bicyclic) bond motifs is 3. The number of hydrogen-bond donors (Lipinski definition) is 2. The smallest absolute Gasteiger partial charge is 0.342 e. The third-order valence-electron chi connectivity index (χ3n) is 5.18. The van der Waals surface area contributed by atoms with Crippen LogP contribution < -0.4 is 15.6 Å². The van der Waals surface area contributed by atoms with Crippen LogP contribution in [0.25, 0.3) is 15.7 Å². The molecule has 0 saturated carbocycles. The lowest BCUT2D eigenvalue weighted by atomic mass is 10.0. The second kappa shape index (κ2) is 7.52. The molecule has 1 aliphatic heterocycles. The number of anilines is 1. The van der Waals surface area contributed by atoms with Gasteiger partial charge in [0.25, 0.3) is 0 Å². The van der Waals surface area contributed by atoms with Gasteiger partial charge in [-0.1, -0.05) is 0 Å². The third-order valence-corrected chi connectivity index (χ3v) is 6.06. The summed E-state index contributed by atoms with van der Waals surface area (Å²) in [5, 5.41) is 14.1. The van der Waals surface area contributed by atoms with Crippen molar-refractivity contribution in [1.29, 1.82) is 0 Å². The Morgan fingerprint density at radius 1 is 1.43 bits per heavy atom. The highest BCUT2D eigenvalue weighted by molar-refractivity contribution is 7.16. The lowest BCUT2D eigenvalue weighted by Gasteiger charge is -2.23. The fraction of sp³-hybridized carbons (Fsp3) is 0.300. The van der Waals surface area contributed by atoms with Gasteiger partial charge in [0.05, 0.1) is 16.6 Å². The number of pyridine rings is 1. The number of aromatic carboxylic acids is 1. The van der Waals surface area contributed by atoms with Gasteiger partial charge in [-0.3, -0.25) is 14.6 Å². The maximum atomic E-state index is 15.3. The summed E-state index contributed by atoms with van der Waals surface area (Å²) >= 11 is 1.13. The van der Waals surface area contributed by atoms with Crippen molar-refractivity contribution in [3.8, 4) is 0 Å². The Labute approximate surface area is 174 Å². The first kappa shape index (κ1) is 20.0. The van der Waals surface area contributed by atoms with Crippen molar-refractivity contribution in [3.05, 3.63) is 44.8 Å². The minimum Gasteiger partial charge on any atom is -0.477 e. The average Bonchev–Trinajstić information content (AvgIpc) is 3.31. The van der Waals surface area contributed by atoms with Gasteiger partial charge in [0.1, 0.15) is 16.2 Å². The predicted molar refractivity (Wildman–Crippen MR) is 114 cm³/mol. The second-order valence-electron chi connectivity index (χ2n) is 7.12. The summed E-state index contributed by atoms with van der Waals surface area (Å²) in [4.78, 5) is 42.2. The first-order chi connectivity index (χ1) is 14.3. The molecule has 8 nitrogen and oxygen atoms in total. The summed E-state index contributed by atoms with van der Waals surface area (Å²) in [5.41, 5.74) is -0.0160. The number of halogens is 1. The number of thiazole rings is 1. The number of aliphatic imine (C=N–C) groups is 1. The molecule has 156 valence electrons. The molecule has 2 N–H and O–H groups in total. The molecule has 0 aliphatic carbocycles. The standard InChI is InChI=1S/C20H19FN4O4S/c1-10(26)23-11-3-4-24(9-11)17-13(8-22-2)16-12(7-14(17)21)18(27)15(20(28)29)19-25(16)5-6-30-19/h5-8,11H,3-4,9H2,1-2H3,(H,23,26)(H,28,29). The second-order valence-corrected chi connectivity index (χ2v) is 8.02. The van der Waals surface area contributed by atoms with Gasteiger partial charge in [-0.25, -0.2) is 9.18 Å². The molecule has 1 atom stereocenters. The molecule has 1 aliphatic rings. The van der Waals surface area contributed by atoms with Crippen molar-refractivity contribution in [2.75, 3.05) is 25.0 Å². The van der Waals surface area contributed by atoms with E-state index in [1.54, 1.807) is 23.0 Å². The number of benzene rings is 1. The van der Waals surface area contributed by atoms with E-state index in [2.05, 4.69) is 10.3 Å². The predicted octanol–water partition coefficient (Wildman–Crippen LogP) is 2.12. The van der Waals surface area contributed by atoms with E-state index in [1.807, 2.05) is 4.90 Å². The molecule has 1 unspecified atom stereocenters. The van der Waals surface area contributed by atoms with E-state index >= 15 is 4.39 Å². The van der Waals surface area contributed by atoms with E-state index in [4.69, 9.17) is 0 Å². The fourth-order valence-electron chi connectivity index (χ4n) is 4.08. The summed E-state index contributed by atoms with van der Waals surface area (Å²) < 4.78 is 16.9. The number of nitrogens with one attached hydrogen (secondary N) is 1. The van der Waals surface area contributed by atoms with Crippen LogP contribution in [0.5, 0.6) is 0 Å². The number of aromatic nitrogens is 1. The van der Waals surface area contributed by atoms with Gasteiger partial charge in [-0.15, -0.1) is 11.3 Å². The van der Waals surface area contributed by atoms with Gasteiger partial charge < -0.3 is 19.7 Å². The minimum absolute atomic E-state index is 0.0166. The topological polar surface area (TPSA) is 103 Å². The largest absolute Gasteiger partial charge is 0.477 e. The van der Waals surface area contributed by atoms with E-state index in [9.17, 15) is 19.5 Å². The molecule has 1 saturated heterocycles. The van der Waals surface area contributed by atoms with Crippen LogP contribution in [0.15, 0.2) is 27.4 Å². The summed E-state index contributed by atoms with van der Waals surface area (Å²) in [7, 11) is 1.55. The molecule has 0 bridgehead atoms. The molecule has 1 amide bonds. The Balaban J connectivity index is 2.02. The summed E-state index contributed by atoms with van der Waals surface area (Å²) in [6.07, 6.45) is 3.80. The molecule has 30 heavy (non-hydrogen) atoms. The number of hydrogen-bond acceptors (Lipinski definition) is 6. The van der Waals surface area contributed by atoms with Gasteiger partial charge in [-0.05, 0) is 12.5 Å². The van der Waals surface area contributed by atoms with Crippen LogP contribution in [-0.4, -0.2) is 53.8 Å². The molecular weight excluding hydrogens is 411 g/mol. The van der Waals surface area contributed by atoms with Crippen molar-refractivity contribution >= 4 is 50.8 Å². The summed E-state index contributed by atoms with van der Waals surface area (Å²) in [6, 6.07) is 0.990. The minimum atomic E-state index is -1.35. The van der Waals surface area contributed by atoms with Crippen molar-refractivity contribution in [3.63, 3.8) is 0 Å². The van der Waals surface area contributed by atoms with Crippen LogP contribution >= 0.6 is 11.3 Å². The van der Waals surface area contributed by atoms with Crippen LogP contribution in [-0.2, 0) is 4.79 Å². The molecule has 3 aromatic rings. The van der Waals surface area contributed by atoms with Crippen LogP contribution in [0, 0.1) is 5.82 Å². The van der Waals surface area contributed by atoms with Gasteiger partial charge in [0.15, 0.2) is 0 Å². The van der Waals surface area contributed by atoms with Gasteiger partial charge >= 0.3 is 5.97 Å². The van der Waals surface area contributed by atoms with Crippen LogP contribution in [0.1, 0.15) is 29.3 Å². The van der Waals surface area contributed by atoms with Crippen molar-refractivity contribution < 1.29 is 19.1 Å². The van der Waals surface area contributed by atoms with Gasteiger partial charge in [0, 0.05) is 56.5 Å². The van der Waals surface area contributed by atoms with Crippen LogP contribution in [0.2, 0.25) is 0 Å². The molecule has 4 rings (SSSR count). The molecule has 0 radical (unpaired) electrons. The summed E-state index contributed by atoms with van der Waals surface area (Å²) in [6.45, 7) is 2.38. The van der Waals surface area contributed by atoms with Crippen LogP contribution in [0.4, 0.5) is 10.1 Å². The van der Waals surface area contributed by atoms with Gasteiger partial charge in [0.2, 0.25) is 11.3 Å². The zero-order chi connectivity index (χ0) is 21.6. The number of amides is 1. The molecule has 10 heteroatoms. The van der Waals surface area contributed by atoms with Crippen molar-refractivity contribution in [2.45, 2.75) is 19.4 Å². The fourth-order valence-corrected chi connectivity index (χ4v) is 4.95. The lowest BCUT2D eigenvalue weighted by molar-refractivity contribution is -0.119. The molecule has 2 aromatic heterocycles. The molecule has 3 heterocycles. The summed E-state index contributed by atoms with van der Waals surface area (Å²) in [5.74, 6) is -2.14. The highest BCUT2D eigenvalue weighted by Gasteiger charge is 2.30. The molecule has 1 fully saturated rings. The maximum Gasteiger partial charge on any atom is 0.342 e. The number of nitrogens with zero attached hydrogens (tertiary/aromatic N) is 3. The third kappa shape index (κ3) is 3.13. The first-order valence-electron chi connectivity index (χ1n) is 9.29. The van der Waals surface area contributed by atoms with E-state index in [0.29, 0.717) is 30.6 Å². The van der Waals surface area contributed by atoms with Crippen molar-refractivity contribution in [1.82, 2.24) is 9.72 Å². The average molecular weight is 430 g/mol. The molecular formula is C20H19FN4O4S. The zero-order valence-corrected chi connectivity index (χ0v) is 17.1. The first-order valence-corrected chi connectivity index (χ1v) is 10.2. The van der Waals surface area contributed by atoms with Crippen molar-refractivity contribution in [2.24, 2.45) is 4.99 Å². The Morgan fingerprint density at radius 3 is 2.87 bits per heavy atom. The van der Waals surface area contributed by atoms with E-state index in [0.717, 1.165) is 17.4 Å². The Hall–Kier alpha value is -3.27. The number of carboxylic acids is 1. The van der Waals surface area contributed by atoms with Crippen LogP contribution in [0.3, 0.4) is 0 Å². The monoisotopic (exact) mass is 430 g/mol. The Kier molecular flexibility index (Phi) is 5.02. The Bertz CT molecular complexity index is 1280. The quantitative estimate of drug-likeness (QED) is 0.617. The number of carboxylic acid groups (broad SMARTS) is 1. The maximum absolute atomic E-state index is 15.3. The SMILES string of the molecule is CN=Cc1c(N2CCC(NC(C)=O)C2)c(F)cc2c(=O)c(C(=O)O)c3sccn3c12. The number of carbonyl (C=O) groups is 2. The van der Waals surface area contributed by atoms with E-state index < -0.39 is 17.2 Å². The lowest BCUT2D eigenvalue weighted by Crippen LogP contribution is -2.36. The normalized spacial score (nSPS) is 16.8.